The first-order chi connectivity index (χ1) is 16.7. The number of furan rings is 1. The molecule has 2 aromatic heterocycles. The molecule has 3 aromatic carbocycles. The average molecular weight is 471 g/mol. The molecule has 170 valence electrons. The van der Waals surface area contributed by atoms with Crippen LogP contribution in [0.5, 0.6) is 0 Å². The van der Waals surface area contributed by atoms with Crippen LogP contribution in [0.4, 0.5) is 0 Å². The van der Waals surface area contributed by atoms with Crippen LogP contribution in [0.15, 0.2) is 93.2 Å². The largest absolute Gasteiger partial charge is 0.460 e. The molecule has 0 unspecified atom stereocenters. The number of thioether (sulfide) groups is 1. The molecule has 34 heavy (non-hydrogen) atoms. The van der Waals surface area contributed by atoms with E-state index in [9.17, 15) is 9.59 Å². The number of benzene rings is 3. The maximum absolute atomic E-state index is 13.4. The first-order valence-electron chi connectivity index (χ1n) is 11.0. The van der Waals surface area contributed by atoms with Crippen molar-refractivity contribution in [3.05, 3.63) is 106 Å². The second-order valence-corrected chi connectivity index (χ2v) is 8.65. The predicted octanol–water partition coefficient (Wildman–Crippen LogP) is 5.66. The van der Waals surface area contributed by atoms with Crippen LogP contribution in [0.25, 0.3) is 21.9 Å². The second kappa shape index (κ2) is 9.57. The fraction of sp³-hybridized carbons (Fsp3) is 0.148. The molecule has 7 heteroatoms. The minimum atomic E-state index is -0.498. The molecule has 0 aliphatic rings. The molecule has 0 atom stereocenters. The van der Waals surface area contributed by atoms with Crippen LogP contribution in [0, 0.1) is 0 Å². The maximum atomic E-state index is 13.4. The summed E-state index contributed by atoms with van der Waals surface area (Å²) in [5.74, 6) is 0.0841. The van der Waals surface area contributed by atoms with Gasteiger partial charge in [0.15, 0.2) is 5.16 Å². The van der Waals surface area contributed by atoms with Crippen molar-refractivity contribution in [3.63, 3.8) is 0 Å². The monoisotopic (exact) mass is 470 g/mol. The summed E-state index contributed by atoms with van der Waals surface area (Å²) in [6, 6.07) is 24.7. The van der Waals surface area contributed by atoms with E-state index in [1.807, 2.05) is 72.8 Å². The Balaban J connectivity index is 1.58. The number of fused-ring (bicyclic) bond motifs is 2. The summed E-state index contributed by atoms with van der Waals surface area (Å²) in [6.07, 6.45) is 0. The highest BCUT2D eigenvalue weighted by molar-refractivity contribution is 7.98. The van der Waals surface area contributed by atoms with Crippen molar-refractivity contribution in [2.75, 3.05) is 6.61 Å². The molecule has 6 nitrogen and oxygen atoms in total. The molecule has 0 aliphatic carbocycles. The normalized spacial score (nSPS) is 11.2. The van der Waals surface area contributed by atoms with Gasteiger partial charge in [-0.2, -0.15) is 0 Å². The van der Waals surface area contributed by atoms with Crippen molar-refractivity contribution in [1.29, 1.82) is 0 Å². The van der Waals surface area contributed by atoms with E-state index in [2.05, 4.69) is 0 Å². The third-order valence-electron chi connectivity index (χ3n) is 5.51. The highest BCUT2D eigenvalue weighted by atomic mass is 32.2. The molecule has 0 fully saturated rings. The zero-order valence-electron chi connectivity index (χ0n) is 18.6. The fourth-order valence-electron chi connectivity index (χ4n) is 3.90. The van der Waals surface area contributed by atoms with Crippen LogP contribution < -0.4 is 5.56 Å². The molecule has 0 radical (unpaired) electrons. The summed E-state index contributed by atoms with van der Waals surface area (Å²) >= 11 is 1.40. The van der Waals surface area contributed by atoms with Crippen molar-refractivity contribution in [2.24, 2.45) is 0 Å². The summed E-state index contributed by atoms with van der Waals surface area (Å²) in [7, 11) is 0. The Kier molecular flexibility index (Phi) is 6.18. The van der Waals surface area contributed by atoms with Gasteiger partial charge >= 0.3 is 5.97 Å². The lowest BCUT2D eigenvalue weighted by Gasteiger charge is -2.13. The smallest absolute Gasteiger partial charge is 0.374 e. The summed E-state index contributed by atoms with van der Waals surface area (Å²) in [4.78, 5) is 30.8. The average Bonchev–Trinajstić information content (AvgIpc) is 3.24. The number of hydrogen-bond donors (Lipinski definition) is 0. The summed E-state index contributed by atoms with van der Waals surface area (Å²) < 4.78 is 12.8. The van der Waals surface area contributed by atoms with Crippen LogP contribution in [-0.2, 0) is 17.0 Å². The third kappa shape index (κ3) is 4.22. The minimum Gasteiger partial charge on any atom is -0.460 e. The van der Waals surface area contributed by atoms with Crippen molar-refractivity contribution < 1.29 is 13.9 Å². The van der Waals surface area contributed by atoms with Gasteiger partial charge in [0, 0.05) is 16.7 Å². The highest BCUT2D eigenvalue weighted by Gasteiger charge is 2.22. The van der Waals surface area contributed by atoms with E-state index in [-0.39, 0.29) is 17.9 Å². The number of carbonyl (C=O) groups excluding carboxylic acids is 1. The standard InChI is InChI=1S/C27H22N2O4S/c1-2-32-26(31)24-21(19-12-7-9-15-23(19)33-24)17-34-27-28-22-14-8-6-13-20(22)25(30)29(27)16-18-10-4-3-5-11-18/h3-15H,2,16-17H2,1H3. The highest BCUT2D eigenvalue weighted by Crippen LogP contribution is 2.32. The molecule has 5 rings (SSSR count). The Morgan fingerprint density at radius 3 is 2.47 bits per heavy atom. The number of ether oxygens (including phenoxy) is 1. The molecular formula is C27H22N2O4S. The van der Waals surface area contributed by atoms with Gasteiger partial charge in [0.05, 0.1) is 24.1 Å². The Morgan fingerprint density at radius 1 is 0.971 bits per heavy atom. The van der Waals surface area contributed by atoms with Crippen LogP contribution in [0.2, 0.25) is 0 Å². The van der Waals surface area contributed by atoms with Crippen LogP contribution in [0.1, 0.15) is 28.6 Å². The predicted molar refractivity (Wildman–Crippen MR) is 133 cm³/mol. The first kappa shape index (κ1) is 22.0. The summed E-state index contributed by atoms with van der Waals surface area (Å²) in [5.41, 5.74) is 2.90. The molecule has 0 spiro atoms. The lowest BCUT2D eigenvalue weighted by Crippen LogP contribution is -2.24. The van der Waals surface area contributed by atoms with Crippen molar-refractivity contribution in [3.8, 4) is 0 Å². The topological polar surface area (TPSA) is 74.3 Å². The number of nitrogens with zero attached hydrogens (tertiary/aromatic N) is 2. The Bertz CT molecular complexity index is 1540. The third-order valence-corrected chi connectivity index (χ3v) is 6.52. The van der Waals surface area contributed by atoms with Crippen LogP contribution in [0.3, 0.4) is 0 Å². The number of esters is 1. The van der Waals surface area contributed by atoms with E-state index in [4.69, 9.17) is 14.1 Å². The first-order valence-corrected chi connectivity index (χ1v) is 12.0. The van der Waals surface area contributed by atoms with Gasteiger partial charge in [0.2, 0.25) is 5.76 Å². The lowest BCUT2D eigenvalue weighted by atomic mass is 10.1. The maximum Gasteiger partial charge on any atom is 0.374 e. The van der Waals surface area contributed by atoms with E-state index >= 15 is 0 Å². The van der Waals surface area contributed by atoms with Gasteiger partial charge in [-0.1, -0.05) is 72.4 Å². The number of rotatable bonds is 7. The van der Waals surface area contributed by atoms with Gasteiger partial charge in [-0.25, -0.2) is 9.78 Å². The van der Waals surface area contributed by atoms with E-state index < -0.39 is 5.97 Å². The zero-order valence-corrected chi connectivity index (χ0v) is 19.4. The molecule has 0 N–H and O–H groups in total. The SMILES string of the molecule is CCOC(=O)c1oc2ccccc2c1CSc1nc2ccccc2c(=O)n1Cc1ccccc1. The van der Waals surface area contributed by atoms with Gasteiger partial charge in [0.1, 0.15) is 5.58 Å². The number of hydrogen-bond acceptors (Lipinski definition) is 6. The van der Waals surface area contributed by atoms with Crippen molar-refractivity contribution in [1.82, 2.24) is 9.55 Å². The fourth-order valence-corrected chi connectivity index (χ4v) is 4.93. The van der Waals surface area contributed by atoms with E-state index in [0.717, 1.165) is 16.5 Å². The van der Waals surface area contributed by atoms with Gasteiger partial charge in [-0.3, -0.25) is 9.36 Å². The zero-order chi connectivity index (χ0) is 23.5. The molecule has 0 amide bonds. The quantitative estimate of drug-likeness (QED) is 0.174. The number of carbonyl (C=O) groups is 1. The Labute approximate surface area is 200 Å². The van der Waals surface area contributed by atoms with Crippen molar-refractivity contribution in [2.45, 2.75) is 24.4 Å². The molecule has 2 heterocycles. The van der Waals surface area contributed by atoms with Gasteiger partial charge < -0.3 is 9.15 Å². The molecular weight excluding hydrogens is 448 g/mol. The lowest BCUT2D eigenvalue weighted by molar-refractivity contribution is 0.0491. The number of aromatic nitrogens is 2. The molecule has 0 bridgehead atoms. The minimum absolute atomic E-state index is 0.0976. The van der Waals surface area contributed by atoms with E-state index in [0.29, 0.717) is 33.9 Å². The molecule has 0 saturated carbocycles. The molecule has 0 aliphatic heterocycles. The summed E-state index contributed by atoms with van der Waals surface area (Å²) in [5, 5.41) is 1.99. The summed E-state index contributed by atoms with van der Waals surface area (Å²) in [6.45, 7) is 2.41. The van der Waals surface area contributed by atoms with E-state index in [1.54, 1.807) is 17.6 Å². The number of para-hydroxylation sites is 2. The Hall–Kier alpha value is -3.84. The van der Waals surface area contributed by atoms with Crippen molar-refractivity contribution >= 4 is 39.6 Å². The van der Waals surface area contributed by atoms with Gasteiger partial charge in [0.25, 0.3) is 5.56 Å². The van der Waals surface area contributed by atoms with Crippen LogP contribution in [-0.4, -0.2) is 22.1 Å². The van der Waals surface area contributed by atoms with E-state index in [1.165, 1.54) is 11.8 Å². The van der Waals surface area contributed by atoms with Gasteiger partial charge in [-0.05, 0) is 30.7 Å². The van der Waals surface area contributed by atoms with Gasteiger partial charge in [-0.15, -0.1) is 0 Å². The molecule has 5 aromatic rings. The second-order valence-electron chi connectivity index (χ2n) is 7.70. The van der Waals surface area contributed by atoms with Crippen LogP contribution >= 0.6 is 11.8 Å². The molecule has 0 saturated heterocycles. The Morgan fingerprint density at radius 2 is 1.68 bits per heavy atom.